The van der Waals surface area contributed by atoms with Crippen LogP contribution in [0.5, 0.6) is 5.75 Å². The molecule has 1 aromatic carbocycles. The van der Waals surface area contributed by atoms with Gasteiger partial charge in [0.2, 0.25) is 0 Å². The van der Waals surface area contributed by atoms with E-state index >= 15 is 0 Å². The summed E-state index contributed by atoms with van der Waals surface area (Å²) in [5.74, 6) is 0.0760. The predicted molar refractivity (Wildman–Crippen MR) is 70.5 cm³/mol. The molecule has 1 rings (SSSR count). The number of benzene rings is 1. The van der Waals surface area contributed by atoms with Gasteiger partial charge in [0.25, 0.3) is 0 Å². The molecule has 0 heterocycles. The van der Waals surface area contributed by atoms with Crippen LogP contribution in [-0.2, 0) is 4.79 Å². The normalized spacial score (nSPS) is 12.0. The van der Waals surface area contributed by atoms with Crippen molar-refractivity contribution < 1.29 is 9.53 Å². The molecule has 3 nitrogen and oxygen atoms in total. The lowest BCUT2D eigenvalue weighted by atomic mass is 9.90. The van der Waals surface area contributed by atoms with Crippen molar-refractivity contribution in [3.8, 4) is 11.8 Å². The fourth-order valence-electron chi connectivity index (χ4n) is 1.91. The monoisotopic (exact) mass is 245 g/mol. The third-order valence-electron chi connectivity index (χ3n) is 2.76. The first kappa shape index (κ1) is 14.2. The Hall–Kier alpha value is -1.82. The van der Waals surface area contributed by atoms with Gasteiger partial charge in [0.1, 0.15) is 11.7 Å². The van der Waals surface area contributed by atoms with Crippen LogP contribution in [-0.4, -0.2) is 12.9 Å². The molecule has 1 atom stereocenters. The van der Waals surface area contributed by atoms with Crippen LogP contribution in [0.15, 0.2) is 18.2 Å². The number of nitrogens with zero attached hydrogens (tertiary/aromatic N) is 1. The summed E-state index contributed by atoms with van der Waals surface area (Å²) in [7, 11) is 1.55. The lowest BCUT2D eigenvalue weighted by molar-refractivity contribution is -0.120. The molecule has 0 aliphatic heterocycles. The van der Waals surface area contributed by atoms with Crippen molar-refractivity contribution in [3.63, 3.8) is 0 Å². The Bertz CT molecular complexity index is 472. The van der Waals surface area contributed by atoms with Crippen LogP contribution in [0.25, 0.3) is 0 Å². The molecule has 18 heavy (non-hydrogen) atoms. The lowest BCUT2D eigenvalue weighted by Gasteiger charge is -2.14. The quantitative estimate of drug-likeness (QED) is 0.800. The van der Waals surface area contributed by atoms with E-state index in [1.54, 1.807) is 13.2 Å². The minimum absolute atomic E-state index is 0.0450. The Morgan fingerprint density at radius 3 is 2.61 bits per heavy atom. The molecule has 0 saturated carbocycles. The first-order chi connectivity index (χ1) is 8.49. The fraction of sp³-hybridized carbons (Fsp3) is 0.467. The number of carbonyl (C=O) groups is 1. The van der Waals surface area contributed by atoms with Crippen LogP contribution >= 0.6 is 0 Å². The number of carbonyl (C=O) groups excluding carboxylic acids is 1. The second-order valence-electron chi connectivity index (χ2n) is 4.87. The van der Waals surface area contributed by atoms with Gasteiger partial charge in [-0.1, -0.05) is 31.5 Å². The summed E-state index contributed by atoms with van der Waals surface area (Å²) in [5.41, 5.74) is 1.69. The molecule has 1 unspecified atom stereocenters. The first-order valence-electron chi connectivity index (χ1n) is 6.06. The number of nitriles is 1. The predicted octanol–water partition coefficient (Wildman–Crippen LogP) is 3.23. The summed E-state index contributed by atoms with van der Waals surface area (Å²) in [6.07, 6.45) is 0.412. The van der Waals surface area contributed by atoms with Gasteiger partial charge in [-0.2, -0.15) is 5.26 Å². The number of hydrogen-bond acceptors (Lipinski definition) is 3. The van der Waals surface area contributed by atoms with Gasteiger partial charge < -0.3 is 4.74 Å². The SMILES string of the molecule is COc1ccc(C)cc1C(C#N)C(=O)CC(C)C. The molecule has 0 aliphatic carbocycles. The van der Waals surface area contributed by atoms with Gasteiger partial charge in [-0.25, -0.2) is 0 Å². The van der Waals surface area contributed by atoms with Crippen molar-refractivity contribution in [2.24, 2.45) is 5.92 Å². The zero-order valence-electron chi connectivity index (χ0n) is 11.4. The summed E-state index contributed by atoms with van der Waals surface area (Å²) >= 11 is 0. The highest BCUT2D eigenvalue weighted by Crippen LogP contribution is 2.29. The van der Waals surface area contributed by atoms with Gasteiger partial charge in [0.05, 0.1) is 13.2 Å². The zero-order valence-corrected chi connectivity index (χ0v) is 11.4. The second-order valence-corrected chi connectivity index (χ2v) is 4.87. The maximum atomic E-state index is 12.1. The average Bonchev–Trinajstić information content (AvgIpc) is 2.29. The van der Waals surface area contributed by atoms with Gasteiger partial charge in [-0.3, -0.25) is 4.79 Å². The molecule has 0 amide bonds. The Morgan fingerprint density at radius 2 is 2.11 bits per heavy atom. The summed E-state index contributed by atoms with van der Waals surface area (Å²) < 4.78 is 5.23. The largest absolute Gasteiger partial charge is 0.496 e. The summed E-state index contributed by atoms with van der Waals surface area (Å²) in [6.45, 7) is 5.88. The Balaban J connectivity index is 3.13. The van der Waals surface area contributed by atoms with Gasteiger partial charge in [-0.15, -0.1) is 0 Å². The van der Waals surface area contributed by atoms with E-state index in [0.717, 1.165) is 5.56 Å². The highest BCUT2D eigenvalue weighted by molar-refractivity contribution is 5.89. The summed E-state index contributed by atoms with van der Waals surface area (Å²) in [6, 6.07) is 7.66. The fourth-order valence-corrected chi connectivity index (χ4v) is 1.91. The average molecular weight is 245 g/mol. The minimum atomic E-state index is -0.734. The molecule has 0 spiro atoms. The minimum Gasteiger partial charge on any atom is -0.496 e. The van der Waals surface area contributed by atoms with Gasteiger partial charge in [-0.05, 0) is 18.9 Å². The maximum Gasteiger partial charge on any atom is 0.154 e. The highest BCUT2D eigenvalue weighted by atomic mass is 16.5. The Labute approximate surface area is 108 Å². The Kier molecular flexibility index (Phi) is 4.91. The van der Waals surface area contributed by atoms with Crippen LogP contribution in [0, 0.1) is 24.2 Å². The third-order valence-corrected chi connectivity index (χ3v) is 2.76. The molecule has 0 saturated heterocycles. The summed E-state index contributed by atoms with van der Waals surface area (Å²) in [5, 5.41) is 9.25. The lowest BCUT2D eigenvalue weighted by Crippen LogP contribution is -2.14. The van der Waals surface area contributed by atoms with Crippen LogP contribution in [0.3, 0.4) is 0 Å². The van der Waals surface area contributed by atoms with Crippen molar-refractivity contribution in [1.29, 1.82) is 5.26 Å². The molecule has 0 bridgehead atoms. The van der Waals surface area contributed by atoms with Crippen LogP contribution < -0.4 is 4.74 Å². The molecule has 1 aromatic rings. The molecule has 96 valence electrons. The molecule has 3 heteroatoms. The molecule has 0 aromatic heterocycles. The van der Waals surface area contributed by atoms with E-state index in [0.29, 0.717) is 17.7 Å². The van der Waals surface area contributed by atoms with E-state index in [4.69, 9.17) is 4.74 Å². The van der Waals surface area contributed by atoms with Crippen molar-refractivity contribution in [3.05, 3.63) is 29.3 Å². The molecule has 0 radical (unpaired) electrons. The van der Waals surface area contributed by atoms with Gasteiger partial charge in [0, 0.05) is 12.0 Å². The van der Waals surface area contributed by atoms with Crippen LogP contribution in [0.4, 0.5) is 0 Å². The summed E-state index contributed by atoms with van der Waals surface area (Å²) in [4.78, 5) is 12.1. The van der Waals surface area contributed by atoms with E-state index in [1.807, 2.05) is 32.9 Å². The molecule has 0 aliphatic rings. The number of Topliss-reactive ketones (excluding diaryl/α,β-unsaturated/α-hetero) is 1. The number of rotatable bonds is 5. The molecular formula is C15H19NO2. The molecule has 0 N–H and O–H groups in total. The van der Waals surface area contributed by atoms with Crippen LogP contribution in [0.1, 0.15) is 37.3 Å². The number of methoxy groups -OCH3 is 1. The topological polar surface area (TPSA) is 50.1 Å². The zero-order chi connectivity index (χ0) is 13.7. The van der Waals surface area contributed by atoms with E-state index < -0.39 is 5.92 Å². The highest BCUT2D eigenvalue weighted by Gasteiger charge is 2.24. The van der Waals surface area contributed by atoms with Gasteiger partial charge >= 0.3 is 0 Å². The van der Waals surface area contributed by atoms with Crippen molar-refractivity contribution in [2.45, 2.75) is 33.1 Å². The van der Waals surface area contributed by atoms with Crippen LogP contribution in [0.2, 0.25) is 0 Å². The number of aryl methyl sites for hydroxylation is 1. The van der Waals surface area contributed by atoms with E-state index in [2.05, 4.69) is 6.07 Å². The van der Waals surface area contributed by atoms with Crippen molar-refractivity contribution in [1.82, 2.24) is 0 Å². The van der Waals surface area contributed by atoms with E-state index in [9.17, 15) is 10.1 Å². The maximum absolute atomic E-state index is 12.1. The van der Waals surface area contributed by atoms with Gasteiger partial charge in [0.15, 0.2) is 5.78 Å². The van der Waals surface area contributed by atoms with E-state index in [-0.39, 0.29) is 11.7 Å². The third kappa shape index (κ3) is 3.33. The smallest absolute Gasteiger partial charge is 0.154 e. The van der Waals surface area contributed by atoms with Crippen molar-refractivity contribution in [2.75, 3.05) is 7.11 Å². The first-order valence-corrected chi connectivity index (χ1v) is 6.06. The van der Waals surface area contributed by atoms with E-state index in [1.165, 1.54) is 0 Å². The number of hydrogen-bond donors (Lipinski definition) is 0. The number of ether oxygens (including phenoxy) is 1. The number of ketones is 1. The molecular weight excluding hydrogens is 226 g/mol. The molecule has 0 fully saturated rings. The Morgan fingerprint density at radius 1 is 1.44 bits per heavy atom. The van der Waals surface area contributed by atoms with Crippen molar-refractivity contribution >= 4 is 5.78 Å². The standard InChI is InChI=1S/C15H19NO2/c1-10(2)7-14(17)13(9-16)12-8-11(3)5-6-15(12)18-4/h5-6,8,10,13H,7H2,1-4H3. The second kappa shape index (κ2) is 6.20.